The number of carbonyl (C=O) groups is 2. The lowest BCUT2D eigenvalue weighted by molar-refractivity contribution is -0.137. The molecule has 0 unspecified atom stereocenters. The maximum Gasteiger partial charge on any atom is 0.303 e. The van der Waals surface area contributed by atoms with Crippen LogP contribution in [0.3, 0.4) is 0 Å². The van der Waals surface area contributed by atoms with Crippen LogP contribution in [-0.4, -0.2) is 40.4 Å². The first kappa shape index (κ1) is 22.8. The first-order valence-corrected chi connectivity index (χ1v) is 11.3. The topological polar surface area (TPSA) is 114 Å². The number of benzene rings is 2. The predicted octanol–water partition coefficient (Wildman–Crippen LogP) is 4.45. The van der Waals surface area contributed by atoms with Gasteiger partial charge < -0.3 is 10.2 Å². The number of aliphatic carboxylic acids is 1. The third-order valence-electron chi connectivity index (χ3n) is 6.53. The smallest absolute Gasteiger partial charge is 0.303 e. The maximum atomic E-state index is 13.4. The minimum Gasteiger partial charge on any atom is -0.508 e. The molecule has 33 heavy (non-hydrogen) atoms. The Morgan fingerprint density at radius 3 is 2.55 bits per heavy atom. The van der Waals surface area contributed by atoms with Gasteiger partial charge in [-0.05, 0) is 55.2 Å². The molecule has 0 bridgehead atoms. The Morgan fingerprint density at radius 1 is 1.21 bits per heavy atom. The Morgan fingerprint density at radius 2 is 1.91 bits per heavy atom. The molecule has 4 rings (SSSR count). The molecule has 1 aliphatic carbocycles. The fraction of sp³-hybridized carbons (Fsp3) is 0.360. The van der Waals surface area contributed by atoms with Gasteiger partial charge in [0.25, 0.3) is 5.91 Å². The number of anilines is 1. The summed E-state index contributed by atoms with van der Waals surface area (Å²) in [6.07, 6.45) is 3.32. The molecule has 2 aliphatic rings. The minimum absolute atomic E-state index is 0.0241. The van der Waals surface area contributed by atoms with Gasteiger partial charge in [0, 0.05) is 22.4 Å². The summed E-state index contributed by atoms with van der Waals surface area (Å²) >= 11 is 6.14. The lowest BCUT2D eigenvalue weighted by Gasteiger charge is -2.33. The van der Waals surface area contributed by atoms with Crippen LogP contribution < -0.4 is 4.90 Å². The van der Waals surface area contributed by atoms with Crippen LogP contribution in [-0.2, 0) is 15.0 Å². The number of rotatable bonds is 6. The van der Waals surface area contributed by atoms with Crippen molar-refractivity contribution in [2.24, 2.45) is 4.99 Å². The van der Waals surface area contributed by atoms with Crippen LogP contribution in [0.5, 0.6) is 5.75 Å². The van der Waals surface area contributed by atoms with E-state index in [1.54, 1.807) is 12.1 Å². The Balaban J connectivity index is 1.96. The van der Waals surface area contributed by atoms with E-state index < -0.39 is 23.3 Å². The number of carbonyl (C=O) groups excluding carboxylic acids is 1. The van der Waals surface area contributed by atoms with Crippen molar-refractivity contribution < 1.29 is 19.8 Å². The Bertz CT molecular complexity index is 1150. The van der Waals surface area contributed by atoms with Gasteiger partial charge in [0.05, 0.1) is 17.5 Å². The van der Waals surface area contributed by atoms with Gasteiger partial charge in [-0.3, -0.25) is 19.5 Å². The summed E-state index contributed by atoms with van der Waals surface area (Å²) in [6, 6.07) is 13.4. The van der Waals surface area contributed by atoms with Gasteiger partial charge in [0.1, 0.15) is 18.3 Å². The SMILES string of the molecule is N#CCN1C(=O)[C@H](CCC(=O)O)N=C(C2(c3ccc(Cl)cc3)CCCC2)c2cc(O)ccc21. The van der Waals surface area contributed by atoms with Crippen LogP contribution in [0.2, 0.25) is 5.02 Å². The number of carboxylic acid groups (broad SMARTS) is 1. The van der Waals surface area contributed by atoms with Gasteiger partial charge in [0.15, 0.2) is 0 Å². The second-order valence-electron chi connectivity index (χ2n) is 8.51. The molecule has 2 aromatic carbocycles. The third kappa shape index (κ3) is 4.31. The molecule has 8 heteroatoms. The molecule has 1 fully saturated rings. The molecule has 1 heterocycles. The average Bonchev–Trinajstić information content (AvgIpc) is 3.25. The van der Waals surface area contributed by atoms with E-state index in [0.29, 0.717) is 22.0 Å². The molecule has 0 aromatic heterocycles. The van der Waals surface area contributed by atoms with Crippen LogP contribution in [0.15, 0.2) is 47.5 Å². The Labute approximate surface area is 196 Å². The van der Waals surface area contributed by atoms with Gasteiger partial charge in [-0.1, -0.05) is 36.6 Å². The summed E-state index contributed by atoms with van der Waals surface area (Å²) in [5.74, 6) is -1.40. The second kappa shape index (κ2) is 9.24. The van der Waals surface area contributed by atoms with E-state index in [0.717, 1.165) is 31.2 Å². The minimum atomic E-state index is -1.01. The van der Waals surface area contributed by atoms with Crippen LogP contribution in [0.25, 0.3) is 0 Å². The number of phenolic OH excluding ortho intramolecular Hbond substituents is 1. The molecule has 170 valence electrons. The van der Waals surface area contributed by atoms with Crippen molar-refractivity contribution in [3.63, 3.8) is 0 Å². The quantitative estimate of drug-likeness (QED) is 0.611. The summed E-state index contributed by atoms with van der Waals surface area (Å²) in [5, 5.41) is 29.6. The molecule has 0 saturated heterocycles. The monoisotopic (exact) mass is 465 g/mol. The highest BCUT2D eigenvalue weighted by Gasteiger charge is 2.45. The van der Waals surface area contributed by atoms with Gasteiger partial charge in [-0.15, -0.1) is 0 Å². The number of benzodiazepines with no additional fused rings is 1. The van der Waals surface area contributed by atoms with Crippen molar-refractivity contribution in [3.8, 4) is 11.8 Å². The molecular weight excluding hydrogens is 442 g/mol. The normalized spacial score (nSPS) is 19.4. The van der Waals surface area contributed by atoms with Gasteiger partial charge in [0.2, 0.25) is 0 Å². The molecule has 1 amide bonds. The number of halogens is 1. The second-order valence-corrected chi connectivity index (χ2v) is 8.94. The maximum absolute atomic E-state index is 13.4. The summed E-state index contributed by atoms with van der Waals surface area (Å²) in [7, 11) is 0. The van der Waals surface area contributed by atoms with Gasteiger partial charge in [-0.2, -0.15) is 5.26 Å². The zero-order chi connectivity index (χ0) is 23.6. The number of hydrogen-bond donors (Lipinski definition) is 2. The first-order chi connectivity index (χ1) is 15.9. The van der Waals surface area contributed by atoms with Crippen molar-refractivity contribution in [1.29, 1.82) is 5.26 Å². The molecule has 1 aliphatic heterocycles. The summed E-state index contributed by atoms with van der Waals surface area (Å²) < 4.78 is 0. The highest BCUT2D eigenvalue weighted by atomic mass is 35.5. The van der Waals surface area contributed by atoms with Crippen molar-refractivity contribution in [2.75, 3.05) is 11.4 Å². The number of carboxylic acids is 1. The van der Waals surface area contributed by atoms with E-state index >= 15 is 0 Å². The van der Waals surface area contributed by atoms with Crippen molar-refractivity contribution in [2.45, 2.75) is 50.0 Å². The van der Waals surface area contributed by atoms with E-state index in [2.05, 4.69) is 0 Å². The zero-order valence-corrected chi connectivity index (χ0v) is 18.8. The number of aromatic hydroxyl groups is 1. The molecule has 0 spiro atoms. The highest BCUT2D eigenvalue weighted by molar-refractivity contribution is 6.30. The van der Waals surface area contributed by atoms with Crippen molar-refractivity contribution in [3.05, 3.63) is 58.6 Å². The van der Waals surface area contributed by atoms with Crippen LogP contribution in [0.4, 0.5) is 5.69 Å². The number of nitriles is 1. The molecule has 2 N–H and O–H groups in total. The fourth-order valence-electron chi connectivity index (χ4n) is 5.00. The van der Waals surface area contributed by atoms with Crippen LogP contribution in [0.1, 0.15) is 49.7 Å². The molecule has 2 aromatic rings. The van der Waals surface area contributed by atoms with Crippen molar-refractivity contribution in [1.82, 2.24) is 0 Å². The highest BCUT2D eigenvalue weighted by Crippen LogP contribution is 2.47. The number of nitrogens with zero attached hydrogens (tertiary/aromatic N) is 3. The first-order valence-electron chi connectivity index (χ1n) is 10.9. The van der Waals surface area contributed by atoms with E-state index in [1.165, 1.54) is 11.0 Å². The zero-order valence-electron chi connectivity index (χ0n) is 18.0. The van der Waals surface area contributed by atoms with Gasteiger partial charge in [-0.25, -0.2) is 0 Å². The van der Waals surface area contributed by atoms with E-state index in [4.69, 9.17) is 16.6 Å². The summed E-state index contributed by atoms with van der Waals surface area (Å²) in [6.45, 7) is -0.197. The van der Waals surface area contributed by atoms with E-state index in [1.807, 2.05) is 30.3 Å². The van der Waals surface area contributed by atoms with Crippen LogP contribution in [0, 0.1) is 11.3 Å². The molecular formula is C25H24ClN3O4. The third-order valence-corrected chi connectivity index (χ3v) is 6.78. The van der Waals surface area contributed by atoms with Crippen LogP contribution >= 0.6 is 11.6 Å². The fourth-order valence-corrected chi connectivity index (χ4v) is 5.13. The Kier molecular flexibility index (Phi) is 6.39. The standard InChI is InChI=1S/C25H24ClN3O4/c26-17-5-3-16(4-6-17)25(11-1-2-12-25)23-19-15-18(30)7-9-21(19)29(14-13-27)24(33)20(28-23)8-10-22(31)32/h3-7,9,15,20,30H,1-2,8,10-12,14H2,(H,31,32)/t20-/m0/s1. The molecule has 0 radical (unpaired) electrons. The molecule has 7 nitrogen and oxygen atoms in total. The lowest BCUT2D eigenvalue weighted by atomic mass is 9.72. The predicted molar refractivity (Wildman–Crippen MR) is 125 cm³/mol. The Hall–Kier alpha value is -3.37. The van der Waals surface area contributed by atoms with Crippen molar-refractivity contribution >= 4 is 34.9 Å². The number of amides is 1. The summed E-state index contributed by atoms with van der Waals surface area (Å²) in [5.41, 5.74) is 2.23. The molecule has 1 saturated carbocycles. The van der Waals surface area contributed by atoms with E-state index in [9.17, 15) is 25.1 Å². The number of fused-ring (bicyclic) bond motifs is 1. The van der Waals surface area contributed by atoms with E-state index in [-0.39, 0.29) is 25.1 Å². The number of hydrogen-bond acceptors (Lipinski definition) is 5. The number of phenols is 1. The lowest BCUT2D eigenvalue weighted by Crippen LogP contribution is -2.38. The number of aliphatic imine (C=N–C) groups is 1. The molecule has 1 atom stereocenters. The summed E-state index contributed by atoms with van der Waals surface area (Å²) in [4.78, 5) is 31.0. The van der Waals surface area contributed by atoms with Gasteiger partial charge >= 0.3 is 5.97 Å². The largest absolute Gasteiger partial charge is 0.508 e. The average molecular weight is 466 g/mol.